The molecule has 1 aliphatic rings. The number of piperidine rings is 1. The lowest BCUT2D eigenvalue weighted by Gasteiger charge is -2.32. The Morgan fingerprint density at radius 1 is 1.16 bits per heavy atom. The Morgan fingerprint density at radius 2 is 1.81 bits per heavy atom. The van der Waals surface area contributed by atoms with Crippen molar-refractivity contribution < 1.29 is 17.9 Å². The van der Waals surface area contributed by atoms with Crippen molar-refractivity contribution >= 4 is 15.9 Å². The molecule has 0 aliphatic carbocycles. The number of hydrogen-bond acceptors (Lipinski definition) is 5. The van der Waals surface area contributed by atoms with Gasteiger partial charge in [0.1, 0.15) is 11.8 Å². The van der Waals surface area contributed by atoms with Gasteiger partial charge in [0, 0.05) is 32.6 Å². The molecule has 0 atom stereocenters. The highest BCUT2D eigenvalue weighted by atomic mass is 32.2. The molecule has 7 nitrogen and oxygen atoms in total. The van der Waals surface area contributed by atoms with Crippen molar-refractivity contribution in [1.82, 2.24) is 9.21 Å². The summed E-state index contributed by atoms with van der Waals surface area (Å²) in [4.78, 5) is 14.6. The molecule has 0 N–H and O–H groups in total. The van der Waals surface area contributed by atoms with Gasteiger partial charge in [0.2, 0.25) is 15.9 Å². The van der Waals surface area contributed by atoms with Crippen molar-refractivity contribution in [2.24, 2.45) is 5.92 Å². The molecule has 1 saturated heterocycles. The van der Waals surface area contributed by atoms with E-state index in [1.807, 2.05) is 37.3 Å². The van der Waals surface area contributed by atoms with Crippen LogP contribution in [-0.4, -0.2) is 56.8 Å². The van der Waals surface area contributed by atoms with Crippen LogP contribution in [0.2, 0.25) is 0 Å². The zero-order chi connectivity index (χ0) is 23.1. The van der Waals surface area contributed by atoms with Crippen LogP contribution in [0.3, 0.4) is 0 Å². The van der Waals surface area contributed by atoms with Gasteiger partial charge >= 0.3 is 0 Å². The van der Waals surface area contributed by atoms with E-state index in [1.54, 1.807) is 24.1 Å². The summed E-state index contributed by atoms with van der Waals surface area (Å²) in [6.45, 7) is 3.64. The molecule has 8 heteroatoms. The summed E-state index contributed by atoms with van der Waals surface area (Å²) in [5, 5.41) is 9.23. The standard InChI is InChI=1S/C24H29N3O4S/c1-19-8-3-5-10-22(19)31-17-7-14-26(2)24(28)20-12-15-27(16-13-20)32(29,30)23-11-6-4-9-21(23)18-25/h3-6,8-11,20H,7,12-17H2,1-2H3. The number of benzene rings is 2. The Kier molecular flexibility index (Phi) is 7.89. The van der Waals surface area contributed by atoms with Crippen molar-refractivity contribution in [1.29, 1.82) is 5.26 Å². The third-order valence-corrected chi connectivity index (χ3v) is 7.75. The van der Waals surface area contributed by atoms with Crippen molar-refractivity contribution in [3.05, 3.63) is 59.7 Å². The van der Waals surface area contributed by atoms with Gasteiger partial charge in [0.05, 0.1) is 17.1 Å². The average Bonchev–Trinajstić information content (AvgIpc) is 2.82. The summed E-state index contributed by atoms with van der Waals surface area (Å²) in [6.07, 6.45) is 1.66. The number of hydrogen-bond donors (Lipinski definition) is 0. The molecule has 3 rings (SSSR count). The largest absolute Gasteiger partial charge is 0.493 e. The zero-order valence-electron chi connectivity index (χ0n) is 18.5. The molecule has 0 radical (unpaired) electrons. The van der Waals surface area contributed by atoms with E-state index in [0.717, 1.165) is 17.7 Å². The second-order valence-corrected chi connectivity index (χ2v) is 9.92. The van der Waals surface area contributed by atoms with Gasteiger partial charge in [-0.25, -0.2) is 8.42 Å². The van der Waals surface area contributed by atoms with E-state index >= 15 is 0 Å². The molecule has 0 bridgehead atoms. The highest BCUT2D eigenvalue weighted by Gasteiger charge is 2.34. The molecule has 0 spiro atoms. The van der Waals surface area contributed by atoms with Crippen LogP contribution < -0.4 is 4.74 Å². The molecule has 32 heavy (non-hydrogen) atoms. The summed E-state index contributed by atoms with van der Waals surface area (Å²) in [6, 6.07) is 16.0. The Labute approximate surface area is 190 Å². The Bertz CT molecular complexity index is 1090. The first-order chi connectivity index (χ1) is 15.3. The topological polar surface area (TPSA) is 90.7 Å². The summed E-state index contributed by atoms with van der Waals surface area (Å²) in [7, 11) is -1.97. The molecule has 2 aromatic rings. The summed E-state index contributed by atoms with van der Waals surface area (Å²) < 4.78 is 33.1. The van der Waals surface area contributed by atoms with Crippen molar-refractivity contribution in [2.45, 2.75) is 31.1 Å². The molecule has 170 valence electrons. The van der Waals surface area contributed by atoms with Crippen LogP contribution in [0.1, 0.15) is 30.4 Å². The van der Waals surface area contributed by atoms with Crippen LogP contribution >= 0.6 is 0 Å². The van der Waals surface area contributed by atoms with E-state index in [-0.39, 0.29) is 35.4 Å². The normalized spacial score (nSPS) is 15.2. The first kappa shape index (κ1) is 23.8. The van der Waals surface area contributed by atoms with Gasteiger partial charge in [-0.2, -0.15) is 9.57 Å². The first-order valence-corrected chi connectivity index (χ1v) is 12.2. The third kappa shape index (κ3) is 5.47. The van der Waals surface area contributed by atoms with E-state index in [1.165, 1.54) is 16.4 Å². The average molecular weight is 456 g/mol. The minimum Gasteiger partial charge on any atom is -0.493 e. The van der Waals surface area contributed by atoms with Crippen LogP contribution in [0.25, 0.3) is 0 Å². The Hall–Kier alpha value is -2.89. The molecule has 1 fully saturated rings. The Morgan fingerprint density at radius 3 is 2.50 bits per heavy atom. The van der Waals surface area contributed by atoms with Crippen molar-refractivity contribution in [3.63, 3.8) is 0 Å². The molecule has 2 aromatic carbocycles. The SMILES string of the molecule is Cc1ccccc1OCCCN(C)C(=O)C1CCN(S(=O)(=O)c2ccccc2C#N)CC1. The number of nitrogens with zero attached hydrogens (tertiary/aromatic N) is 3. The van der Waals surface area contributed by atoms with E-state index < -0.39 is 10.0 Å². The van der Waals surface area contributed by atoms with E-state index in [0.29, 0.717) is 26.0 Å². The maximum Gasteiger partial charge on any atom is 0.244 e. The van der Waals surface area contributed by atoms with E-state index in [4.69, 9.17) is 4.74 Å². The second-order valence-electron chi connectivity index (χ2n) is 8.01. The quantitative estimate of drug-likeness (QED) is 0.570. The van der Waals surface area contributed by atoms with Crippen molar-refractivity contribution in [2.75, 3.05) is 33.3 Å². The molecule has 1 amide bonds. The predicted molar refractivity (Wildman–Crippen MR) is 122 cm³/mol. The molecule has 0 saturated carbocycles. The van der Waals surface area contributed by atoms with Crippen molar-refractivity contribution in [3.8, 4) is 11.8 Å². The number of carbonyl (C=O) groups is 1. The third-order valence-electron chi connectivity index (χ3n) is 5.79. The summed E-state index contributed by atoms with van der Waals surface area (Å²) in [5.41, 5.74) is 1.22. The lowest BCUT2D eigenvalue weighted by Crippen LogP contribution is -2.43. The van der Waals surface area contributed by atoms with Gasteiger partial charge in [0.15, 0.2) is 0 Å². The van der Waals surface area contributed by atoms with Gasteiger partial charge < -0.3 is 9.64 Å². The zero-order valence-corrected chi connectivity index (χ0v) is 19.3. The number of sulfonamides is 1. The maximum atomic E-state index is 13.0. The fourth-order valence-electron chi connectivity index (χ4n) is 3.89. The molecule has 1 heterocycles. The Balaban J connectivity index is 1.48. The molecule has 0 aromatic heterocycles. The van der Waals surface area contributed by atoms with E-state index in [2.05, 4.69) is 0 Å². The number of aryl methyl sites for hydroxylation is 1. The number of nitriles is 1. The highest BCUT2D eigenvalue weighted by Crippen LogP contribution is 2.26. The predicted octanol–water partition coefficient (Wildman–Crippen LogP) is 3.19. The molecule has 0 unspecified atom stereocenters. The number of carbonyl (C=O) groups excluding carboxylic acids is 1. The highest BCUT2D eigenvalue weighted by molar-refractivity contribution is 7.89. The van der Waals surface area contributed by atoms with E-state index in [9.17, 15) is 18.5 Å². The molecular weight excluding hydrogens is 426 g/mol. The number of rotatable bonds is 8. The fraction of sp³-hybridized carbons (Fsp3) is 0.417. The number of amides is 1. The van der Waals surface area contributed by atoms with Gasteiger partial charge in [-0.1, -0.05) is 30.3 Å². The van der Waals surface area contributed by atoms with Crippen LogP contribution in [-0.2, 0) is 14.8 Å². The lowest BCUT2D eigenvalue weighted by atomic mass is 9.96. The van der Waals surface area contributed by atoms with Crippen LogP contribution in [0.5, 0.6) is 5.75 Å². The molecule has 1 aliphatic heterocycles. The lowest BCUT2D eigenvalue weighted by molar-refractivity contribution is -0.135. The number of para-hydroxylation sites is 1. The van der Waals surface area contributed by atoms with Gasteiger partial charge in [-0.15, -0.1) is 0 Å². The number of ether oxygens (including phenoxy) is 1. The van der Waals surface area contributed by atoms with Gasteiger partial charge in [0.25, 0.3) is 0 Å². The minimum atomic E-state index is -3.75. The smallest absolute Gasteiger partial charge is 0.244 e. The van der Waals surface area contributed by atoms with Crippen LogP contribution in [0, 0.1) is 24.2 Å². The fourth-order valence-corrected chi connectivity index (χ4v) is 5.50. The van der Waals surface area contributed by atoms with Gasteiger partial charge in [-0.3, -0.25) is 4.79 Å². The second kappa shape index (κ2) is 10.6. The van der Waals surface area contributed by atoms with Crippen LogP contribution in [0.4, 0.5) is 0 Å². The minimum absolute atomic E-state index is 0.0260. The van der Waals surface area contributed by atoms with Crippen LogP contribution in [0.15, 0.2) is 53.4 Å². The maximum absolute atomic E-state index is 13.0. The molecular formula is C24H29N3O4S. The van der Waals surface area contributed by atoms with Gasteiger partial charge in [-0.05, 0) is 49.9 Å². The monoisotopic (exact) mass is 455 g/mol. The summed E-state index contributed by atoms with van der Waals surface area (Å²) in [5.74, 6) is 0.693. The first-order valence-electron chi connectivity index (χ1n) is 10.8. The summed E-state index contributed by atoms with van der Waals surface area (Å²) >= 11 is 0.